The average Bonchev–Trinajstić information content (AvgIpc) is 3.18. The molecule has 1 aliphatic rings. The summed E-state index contributed by atoms with van der Waals surface area (Å²) in [4.78, 5) is 28.7. The Balaban J connectivity index is 1.91. The van der Waals surface area contributed by atoms with E-state index in [-0.39, 0.29) is 16.7 Å². The van der Waals surface area contributed by atoms with E-state index in [1.54, 1.807) is 6.07 Å². The lowest BCUT2D eigenvalue weighted by Gasteiger charge is -2.26. The summed E-state index contributed by atoms with van der Waals surface area (Å²) in [7, 11) is 0. The highest BCUT2D eigenvalue weighted by atomic mass is 16.5. The maximum atomic E-state index is 13.6. The van der Waals surface area contributed by atoms with Crippen LogP contribution in [0, 0.1) is 0 Å². The number of aliphatic hydroxyl groups excluding tert-OH is 1. The SMILES string of the molecule is CCOc1ccc(C2/C(=C(/O)c3ccc(OCC)c(C(C)(C)C)c3)C(=O)C(=O)N2c2ccc(C(C)C)cc2)cc1. The van der Waals surface area contributed by atoms with Crippen molar-refractivity contribution in [2.75, 3.05) is 18.1 Å². The van der Waals surface area contributed by atoms with Crippen LogP contribution in [0.25, 0.3) is 5.76 Å². The zero-order valence-electron chi connectivity index (χ0n) is 24.4. The number of hydrogen-bond donors (Lipinski definition) is 1. The average molecular weight is 542 g/mol. The van der Waals surface area contributed by atoms with Gasteiger partial charge in [0.15, 0.2) is 0 Å². The molecular formula is C34H39NO5. The molecular weight excluding hydrogens is 502 g/mol. The molecule has 3 aromatic carbocycles. The molecule has 40 heavy (non-hydrogen) atoms. The van der Waals surface area contributed by atoms with Gasteiger partial charge in [-0.3, -0.25) is 14.5 Å². The van der Waals surface area contributed by atoms with Gasteiger partial charge in [-0.1, -0.05) is 58.9 Å². The van der Waals surface area contributed by atoms with Crippen LogP contribution in [-0.4, -0.2) is 30.0 Å². The molecule has 0 saturated carbocycles. The van der Waals surface area contributed by atoms with E-state index < -0.39 is 17.7 Å². The van der Waals surface area contributed by atoms with Gasteiger partial charge in [-0.15, -0.1) is 0 Å². The summed E-state index contributed by atoms with van der Waals surface area (Å²) in [6.07, 6.45) is 0. The third-order valence-electron chi connectivity index (χ3n) is 7.15. The topological polar surface area (TPSA) is 76.1 Å². The first-order valence-corrected chi connectivity index (χ1v) is 13.9. The first kappa shape index (κ1) is 28.9. The molecule has 6 nitrogen and oxygen atoms in total. The van der Waals surface area contributed by atoms with Crippen molar-refractivity contribution in [3.8, 4) is 11.5 Å². The zero-order valence-corrected chi connectivity index (χ0v) is 24.4. The largest absolute Gasteiger partial charge is 0.507 e. The fraction of sp³-hybridized carbons (Fsp3) is 0.353. The molecule has 1 atom stereocenters. The van der Waals surface area contributed by atoms with Crippen molar-refractivity contribution >= 4 is 23.1 Å². The van der Waals surface area contributed by atoms with Crippen molar-refractivity contribution in [1.29, 1.82) is 0 Å². The minimum Gasteiger partial charge on any atom is -0.507 e. The summed E-state index contributed by atoms with van der Waals surface area (Å²) in [6.45, 7) is 15.3. The van der Waals surface area contributed by atoms with Crippen LogP contribution < -0.4 is 14.4 Å². The number of benzene rings is 3. The van der Waals surface area contributed by atoms with Crippen LogP contribution in [0.3, 0.4) is 0 Å². The van der Waals surface area contributed by atoms with Crippen molar-refractivity contribution in [2.45, 2.75) is 65.8 Å². The van der Waals surface area contributed by atoms with Gasteiger partial charge in [-0.2, -0.15) is 0 Å². The fourth-order valence-electron chi connectivity index (χ4n) is 5.05. The Morgan fingerprint density at radius 3 is 2.08 bits per heavy atom. The number of carbonyl (C=O) groups excluding carboxylic acids is 2. The maximum absolute atomic E-state index is 13.6. The molecule has 3 aromatic rings. The Morgan fingerprint density at radius 2 is 1.52 bits per heavy atom. The second-order valence-corrected chi connectivity index (χ2v) is 11.3. The normalized spacial score (nSPS) is 17.0. The Labute approximate surface area is 237 Å². The van der Waals surface area contributed by atoms with Gasteiger partial charge in [0.1, 0.15) is 17.3 Å². The van der Waals surface area contributed by atoms with E-state index in [2.05, 4.69) is 34.6 Å². The first-order chi connectivity index (χ1) is 19.0. The summed E-state index contributed by atoms with van der Waals surface area (Å²) < 4.78 is 11.5. The van der Waals surface area contributed by atoms with Crippen LogP contribution in [0.4, 0.5) is 5.69 Å². The van der Waals surface area contributed by atoms with E-state index in [4.69, 9.17) is 9.47 Å². The van der Waals surface area contributed by atoms with Gasteiger partial charge in [-0.05, 0) is 78.8 Å². The summed E-state index contributed by atoms with van der Waals surface area (Å²) in [6, 6.07) is 19.5. The number of rotatable bonds is 8. The Hall–Kier alpha value is -4.06. The van der Waals surface area contributed by atoms with Crippen molar-refractivity contribution in [3.05, 3.63) is 94.6 Å². The van der Waals surface area contributed by atoms with E-state index in [0.717, 1.165) is 16.9 Å². The van der Waals surface area contributed by atoms with E-state index in [1.165, 1.54) is 4.90 Å². The van der Waals surface area contributed by atoms with Crippen molar-refractivity contribution in [3.63, 3.8) is 0 Å². The molecule has 1 aliphatic heterocycles. The van der Waals surface area contributed by atoms with Crippen LogP contribution in [0.5, 0.6) is 11.5 Å². The number of ketones is 1. The van der Waals surface area contributed by atoms with Crippen molar-refractivity contribution < 1.29 is 24.2 Å². The number of hydrogen-bond acceptors (Lipinski definition) is 5. The first-order valence-electron chi connectivity index (χ1n) is 13.9. The highest BCUT2D eigenvalue weighted by molar-refractivity contribution is 6.51. The van der Waals surface area contributed by atoms with Crippen LogP contribution in [-0.2, 0) is 15.0 Å². The molecule has 1 fully saturated rings. The molecule has 210 valence electrons. The number of nitrogens with zero attached hydrogens (tertiary/aromatic N) is 1. The summed E-state index contributed by atoms with van der Waals surface area (Å²) >= 11 is 0. The summed E-state index contributed by atoms with van der Waals surface area (Å²) in [5.41, 5.74) is 3.53. The molecule has 1 N–H and O–H groups in total. The van der Waals surface area contributed by atoms with Crippen LogP contribution in [0.1, 0.15) is 82.7 Å². The molecule has 6 heteroatoms. The molecule has 0 aromatic heterocycles. The lowest BCUT2D eigenvalue weighted by molar-refractivity contribution is -0.132. The molecule has 0 radical (unpaired) electrons. The zero-order chi connectivity index (χ0) is 29.2. The van der Waals surface area contributed by atoms with Gasteiger partial charge in [0, 0.05) is 16.8 Å². The van der Waals surface area contributed by atoms with Gasteiger partial charge in [0.25, 0.3) is 11.7 Å². The summed E-state index contributed by atoms with van der Waals surface area (Å²) in [5, 5.41) is 11.7. The molecule has 0 aliphatic carbocycles. The number of anilines is 1. The Morgan fingerprint density at radius 1 is 0.900 bits per heavy atom. The number of aliphatic hydroxyl groups is 1. The second kappa shape index (κ2) is 11.6. The number of carbonyl (C=O) groups is 2. The number of amides is 1. The predicted molar refractivity (Wildman–Crippen MR) is 159 cm³/mol. The van der Waals surface area contributed by atoms with Gasteiger partial charge < -0.3 is 14.6 Å². The second-order valence-electron chi connectivity index (χ2n) is 11.3. The third-order valence-corrected chi connectivity index (χ3v) is 7.15. The van der Waals surface area contributed by atoms with E-state index in [0.29, 0.717) is 41.7 Å². The molecule has 4 rings (SSSR count). The molecule has 1 saturated heterocycles. The maximum Gasteiger partial charge on any atom is 0.300 e. The van der Waals surface area contributed by atoms with Gasteiger partial charge in [0.2, 0.25) is 0 Å². The standard InChI is InChI=1S/C34H39NO5/c1-8-39-26-17-12-23(13-18-26)30-29(31(36)24-14-19-28(40-9-2)27(20-24)34(5,6)7)32(37)33(38)35(30)25-15-10-22(11-16-25)21(3)4/h10-21,30,36H,8-9H2,1-7H3/b31-29-. The molecule has 0 spiro atoms. The highest BCUT2D eigenvalue weighted by Crippen LogP contribution is 2.43. The number of ether oxygens (including phenoxy) is 2. The molecule has 1 heterocycles. The molecule has 0 bridgehead atoms. The van der Waals surface area contributed by atoms with E-state index in [1.807, 2.05) is 74.5 Å². The minimum atomic E-state index is -0.815. The van der Waals surface area contributed by atoms with Gasteiger partial charge >= 0.3 is 0 Å². The van der Waals surface area contributed by atoms with Crippen LogP contribution >= 0.6 is 0 Å². The number of Topliss-reactive ketones (excluding diaryl/α,β-unsaturated/α-hetero) is 1. The van der Waals surface area contributed by atoms with Crippen LogP contribution in [0.15, 0.2) is 72.3 Å². The lowest BCUT2D eigenvalue weighted by Crippen LogP contribution is -2.29. The predicted octanol–water partition coefficient (Wildman–Crippen LogP) is 7.53. The smallest absolute Gasteiger partial charge is 0.300 e. The fourth-order valence-corrected chi connectivity index (χ4v) is 5.05. The highest BCUT2D eigenvalue weighted by Gasteiger charge is 2.47. The third kappa shape index (κ3) is 5.62. The summed E-state index contributed by atoms with van der Waals surface area (Å²) in [5.74, 6) is 0.108. The molecule has 1 amide bonds. The van der Waals surface area contributed by atoms with Crippen molar-refractivity contribution in [2.24, 2.45) is 0 Å². The lowest BCUT2D eigenvalue weighted by atomic mass is 9.84. The minimum absolute atomic E-state index is 0.0473. The molecule has 1 unspecified atom stereocenters. The Bertz CT molecular complexity index is 1410. The van der Waals surface area contributed by atoms with Crippen LogP contribution in [0.2, 0.25) is 0 Å². The quantitative estimate of drug-likeness (QED) is 0.181. The van der Waals surface area contributed by atoms with Crippen molar-refractivity contribution in [1.82, 2.24) is 0 Å². The monoisotopic (exact) mass is 541 g/mol. The Kier molecular flexibility index (Phi) is 8.38. The van der Waals surface area contributed by atoms with E-state index in [9.17, 15) is 14.7 Å². The van der Waals surface area contributed by atoms with Gasteiger partial charge in [-0.25, -0.2) is 0 Å². The van der Waals surface area contributed by atoms with E-state index >= 15 is 0 Å². The van der Waals surface area contributed by atoms with Gasteiger partial charge in [0.05, 0.1) is 24.8 Å².